The first kappa shape index (κ1) is 11.2. The summed E-state index contributed by atoms with van der Waals surface area (Å²) in [6.45, 7) is 5.70. The highest BCUT2D eigenvalue weighted by Gasteiger charge is 2.25. The van der Waals surface area contributed by atoms with Gasteiger partial charge in [-0.3, -0.25) is 4.68 Å². The highest BCUT2D eigenvalue weighted by molar-refractivity contribution is 5.03. The van der Waals surface area contributed by atoms with Gasteiger partial charge >= 0.3 is 0 Å². The van der Waals surface area contributed by atoms with E-state index in [1.54, 1.807) is 0 Å². The SMILES string of the molecule is CC(c1cn(CC2CC2)nn1)C1CCNCC1. The lowest BCUT2D eigenvalue weighted by Crippen LogP contribution is -2.30. The quantitative estimate of drug-likeness (QED) is 0.863. The van der Waals surface area contributed by atoms with E-state index in [1.807, 2.05) is 4.68 Å². The predicted octanol–water partition coefficient (Wildman–Crippen LogP) is 1.79. The van der Waals surface area contributed by atoms with Crippen LogP contribution in [-0.2, 0) is 6.54 Å². The van der Waals surface area contributed by atoms with Crippen LogP contribution in [-0.4, -0.2) is 28.1 Å². The van der Waals surface area contributed by atoms with Crippen LogP contribution in [0.3, 0.4) is 0 Å². The van der Waals surface area contributed by atoms with Gasteiger partial charge in [-0.25, -0.2) is 0 Å². The summed E-state index contributed by atoms with van der Waals surface area (Å²) < 4.78 is 2.05. The van der Waals surface area contributed by atoms with Crippen molar-refractivity contribution in [1.29, 1.82) is 0 Å². The molecular formula is C13H22N4. The molecule has 2 aliphatic rings. The van der Waals surface area contributed by atoms with E-state index >= 15 is 0 Å². The molecule has 2 heterocycles. The molecule has 1 aliphatic heterocycles. The van der Waals surface area contributed by atoms with Crippen molar-refractivity contribution in [3.63, 3.8) is 0 Å². The van der Waals surface area contributed by atoms with E-state index in [9.17, 15) is 0 Å². The van der Waals surface area contributed by atoms with Crippen LogP contribution in [0.1, 0.15) is 44.2 Å². The third kappa shape index (κ3) is 2.68. The molecule has 1 aliphatic carbocycles. The lowest BCUT2D eigenvalue weighted by Gasteiger charge is -2.26. The average molecular weight is 234 g/mol. The van der Waals surface area contributed by atoms with Gasteiger partial charge in [0.25, 0.3) is 0 Å². The summed E-state index contributed by atoms with van der Waals surface area (Å²) >= 11 is 0. The minimum atomic E-state index is 0.560. The Morgan fingerprint density at radius 2 is 2.12 bits per heavy atom. The summed E-state index contributed by atoms with van der Waals surface area (Å²) in [4.78, 5) is 0. The van der Waals surface area contributed by atoms with Crippen LogP contribution in [0, 0.1) is 11.8 Å². The minimum absolute atomic E-state index is 0.560. The van der Waals surface area contributed by atoms with Gasteiger partial charge in [-0.1, -0.05) is 12.1 Å². The zero-order valence-electron chi connectivity index (χ0n) is 10.6. The molecule has 94 valence electrons. The van der Waals surface area contributed by atoms with Gasteiger partial charge in [0.2, 0.25) is 0 Å². The molecule has 4 nitrogen and oxygen atoms in total. The first-order valence-electron chi connectivity index (χ1n) is 6.93. The molecule has 0 radical (unpaired) electrons. The van der Waals surface area contributed by atoms with Gasteiger partial charge in [0.15, 0.2) is 0 Å². The van der Waals surface area contributed by atoms with E-state index in [2.05, 4.69) is 28.7 Å². The second-order valence-corrected chi connectivity index (χ2v) is 5.68. The lowest BCUT2D eigenvalue weighted by molar-refractivity contribution is 0.326. The Balaban J connectivity index is 1.62. The molecule has 0 aromatic carbocycles. The maximum Gasteiger partial charge on any atom is 0.0858 e. The number of piperidine rings is 1. The minimum Gasteiger partial charge on any atom is -0.317 e. The van der Waals surface area contributed by atoms with Crippen molar-refractivity contribution in [2.24, 2.45) is 11.8 Å². The zero-order chi connectivity index (χ0) is 11.7. The zero-order valence-corrected chi connectivity index (χ0v) is 10.6. The smallest absolute Gasteiger partial charge is 0.0858 e. The van der Waals surface area contributed by atoms with E-state index < -0.39 is 0 Å². The summed E-state index contributed by atoms with van der Waals surface area (Å²) in [7, 11) is 0. The van der Waals surface area contributed by atoms with Gasteiger partial charge in [-0.05, 0) is 50.6 Å². The van der Waals surface area contributed by atoms with Crippen molar-refractivity contribution in [3.05, 3.63) is 11.9 Å². The summed E-state index contributed by atoms with van der Waals surface area (Å²) in [6, 6.07) is 0. The number of aromatic nitrogens is 3. The van der Waals surface area contributed by atoms with Crippen LogP contribution in [0.15, 0.2) is 6.20 Å². The van der Waals surface area contributed by atoms with E-state index in [0.29, 0.717) is 5.92 Å². The number of hydrogen-bond donors (Lipinski definition) is 1. The van der Waals surface area contributed by atoms with Crippen molar-refractivity contribution >= 4 is 0 Å². The largest absolute Gasteiger partial charge is 0.317 e. The first-order chi connectivity index (χ1) is 8.33. The van der Waals surface area contributed by atoms with Gasteiger partial charge in [0.1, 0.15) is 0 Å². The molecular weight excluding hydrogens is 212 g/mol. The van der Waals surface area contributed by atoms with Gasteiger partial charge in [-0.2, -0.15) is 0 Å². The fraction of sp³-hybridized carbons (Fsp3) is 0.846. The Bertz CT molecular complexity index is 363. The second-order valence-electron chi connectivity index (χ2n) is 5.68. The lowest BCUT2D eigenvalue weighted by atomic mass is 9.84. The number of nitrogens with one attached hydrogen (secondary N) is 1. The van der Waals surface area contributed by atoms with Crippen LogP contribution >= 0.6 is 0 Å². The van der Waals surface area contributed by atoms with Gasteiger partial charge in [-0.15, -0.1) is 5.10 Å². The molecule has 1 atom stereocenters. The second kappa shape index (κ2) is 4.77. The van der Waals surface area contributed by atoms with E-state index in [-0.39, 0.29) is 0 Å². The van der Waals surface area contributed by atoms with Crippen molar-refractivity contribution < 1.29 is 0 Å². The Hall–Kier alpha value is -0.900. The fourth-order valence-corrected chi connectivity index (χ4v) is 2.76. The maximum absolute atomic E-state index is 4.36. The highest BCUT2D eigenvalue weighted by Crippen LogP contribution is 2.32. The number of rotatable bonds is 4. The van der Waals surface area contributed by atoms with Crippen LogP contribution in [0.4, 0.5) is 0 Å². The molecule has 1 aromatic heterocycles. The maximum atomic E-state index is 4.36. The monoisotopic (exact) mass is 234 g/mol. The van der Waals surface area contributed by atoms with Crippen molar-refractivity contribution in [3.8, 4) is 0 Å². The third-order valence-corrected chi connectivity index (χ3v) is 4.26. The number of nitrogens with zero attached hydrogens (tertiary/aromatic N) is 3. The molecule has 3 rings (SSSR count). The fourth-order valence-electron chi connectivity index (χ4n) is 2.76. The Morgan fingerprint density at radius 1 is 1.35 bits per heavy atom. The van der Waals surface area contributed by atoms with E-state index in [1.165, 1.54) is 31.4 Å². The molecule has 1 aromatic rings. The summed E-state index contributed by atoms with van der Waals surface area (Å²) in [5.41, 5.74) is 1.19. The molecule has 1 saturated heterocycles. The van der Waals surface area contributed by atoms with Crippen LogP contribution in [0.5, 0.6) is 0 Å². The normalized spacial score (nSPS) is 23.8. The van der Waals surface area contributed by atoms with Gasteiger partial charge < -0.3 is 5.32 Å². The Labute approximate surface area is 103 Å². The molecule has 0 amide bonds. The number of hydrogen-bond acceptors (Lipinski definition) is 3. The summed E-state index contributed by atoms with van der Waals surface area (Å²) in [6.07, 6.45) is 7.47. The third-order valence-electron chi connectivity index (χ3n) is 4.26. The topological polar surface area (TPSA) is 42.7 Å². The molecule has 0 bridgehead atoms. The molecule has 1 N–H and O–H groups in total. The standard InChI is InChI=1S/C13H22N4/c1-10(12-4-6-14-7-5-12)13-9-17(16-15-13)8-11-2-3-11/h9-12,14H,2-8H2,1H3. The van der Waals surface area contributed by atoms with Crippen molar-refractivity contribution in [1.82, 2.24) is 20.3 Å². The predicted molar refractivity (Wildman–Crippen MR) is 66.8 cm³/mol. The van der Waals surface area contributed by atoms with Crippen LogP contribution in [0.25, 0.3) is 0 Å². The van der Waals surface area contributed by atoms with E-state index in [0.717, 1.165) is 31.5 Å². The molecule has 1 saturated carbocycles. The molecule has 0 spiro atoms. The average Bonchev–Trinajstić information content (AvgIpc) is 3.06. The van der Waals surface area contributed by atoms with Gasteiger partial charge in [0, 0.05) is 18.7 Å². The summed E-state index contributed by atoms with van der Waals surface area (Å²) in [5, 5.41) is 12.0. The first-order valence-corrected chi connectivity index (χ1v) is 6.93. The van der Waals surface area contributed by atoms with E-state index in [4.69, 9.17) is 0 Å². The summed E-state index contributed by atoms with van der Waals surface area (Å²) in [5.74, 6) is 2.21. The van der Waals surface area contributed by atoms with Crippen molar-refractivity contribution in [2.75, 3.05) is 13.1 Å². The Kier molecular flexibility index (Phi) is 3.14. The van der Waals surface area contributed by atoms with Crippen LogP contribution < -0.4 is 5.32 Å². The highest BCUT2D eigenvalue weighted by atomic mass is 15.4. The molecule has 17 heavy (non-hydrogen) atoms. The van der Waals surface area contributed by atoms with Crippen LogP contribution in [0.2, 0.25) is 0 Å². The molecule has 1 unspecified atom stereocenters. The Morgan fingerprint density at radius 3 is 2.82 bits per heavy atom. The van der Waals surface area contributed by atoms with Crippen molar-refractivity contribution in [2.45, 2.75) is 45.1 Å². The molecule has 4 heteroatoms. The van der Waals surface area contributed by atoms with Gasteiger partial charge in [0.05, 0.1) is 5.69 Å². The molecule has 2 fully saturated rings.